The third-order valence-electron chi connectivity index (χ3n) is 2.37. The van der Waals surface area contributed by atoms with Gasteiger partial charge >= 0.3 is 5.97 Å². The lowest BCUT2D eigenvalue weighted by molar-refractivity contribution is 0.0607. The molecule has 0 N–H and O–H groups in total. The topological polar surface area (TPSA) is 39.2 Å². The summed E-state index contributed by atoms with van der Waals surface area (Å²) in [6.07, 6.45) is 0. The maximum atomic E-state index is 11.6. The molecule has 0 saturated carbocycles. The van der Waals surface area contributed by atoms with Crippen LogP contribution >= 0.6 is 22.9 Å². The van der Waals surface area contributed by atoms with Crippen LogP contribution in [0.2, 0.25) is 4.47 Å². The zero-order chi connectivity index (χ0) is 12.4. The van der Waals surface area contributed by atoms with Crippen molar-refractivity contribution in [1.29, 1.82) is 0 Å². The van der Waals surface area contributed by atoms with Gasteiger partial charge in [-0.25, -0.2) is 9.78 Å². The molecule has 0 saturated heterocycles. The minimum Gasteiger partial charge on any atom is -0.465 e. The lowest BCUT2D eigenvalue weighted by Gasteiger charge is -2.04. The highest BCUT2D eigenvalue weighted by molar-refractivity contribution is 7.17. The van der Waals surface area contributed by atoms with E-state index in [9.17, 15) is 4.79 Å². The van der Waals surface area contributed by atoms with Crippen LogP contribution < -0.4 is 0 Å². The molecule has 0 atom stereocenters. The van der Waals surface area contributed by atoms with Crippen LogP contribution in [0.25, 0.3) is 11.3 Å². The molecule has 0 bridgehead atoms. The summed E-state index contributed by atoms with van der Waals surface area (Å²) in [6, 6.07) is 7.71. The average molecular weight is 268 g/mol. The van der Waals surface area contributed by atoms with Gasteiger partial charge in [0.1, 0.15) is 4.88 Å². The molecule has 1 aromatic heterocycles. The molecule has 5 heteroatoms. The number of aromatic nitrogens is 1. The molecular formula is C12H10ClNO2S. The van der Waals surface area contributed by atoms with E-state index in [0.717, 1.165) is 22.5 Å². The maximum Gasteiger partial charge on any atom is 0.350 e. The normalized spacial score (nSPS) is 10.3. The fourth-order valence-corrected chi connectivity index (χ4v) is 2.59. The molecule has 1 aromatic carbocycles. The van der Waals surface area contributed by atoms with Gasteiger partial charge in [-0.05, 0) is 12.5 Å². The Morgan fingerprint density at radius 1 is 1.41 bits per heavy atom. The molecule has 0 amide bonds. The molecule has 2 rings (SSSR count). The standard InChI is InChI=1S/C12H10ClNO2S/c1-7-5-3-4-6-8(7)9-10(11(15)16-2)17-12(13)14-9/h3-6H,1-2H3. The first kappa shape index (κ1) is 12.1. The zero-order valence-electron chi connectivity index (χ0n) is 9.36. The highest BCUT2D eigenvalue weighted by Gasteiger charge is 2.20. The van der Waals surface area contributed by atoms with Gasteiger partial charge in [-0.2, -0.15) is 0 Å². The van der Waals surface area contributed by atoms with Gasteiger partial charge in [0, 0.05) is 5.56 Å². The number of nitrogens with zero attached hydrogens (tertiary/aromatic N) is 1. The van der Waals surface area contributed by atoms with Crippen LogP contribution in [-0.2, 0) is 4.74 Å². The number of methoxy groups -OCH3 is 1. The Morgan fingerprint density at radius 3 is 2.76 bits per heavy atom. The first-order valence-electron chi connectivity index (χ1n) is 4.94. The number of rotatable bonds is 2. The van der Waals surface area contributed by atoms with E-state index in [0.29, 0.717) is 15.0 Å². The van der Waals surface area contributed by atoms with E-state index in [1.54, 1.807) is 0 Å². The fourth-order valence-electron chi connectivity index (χ4n) is 1.55. The van der Waals surface area contributed by atoms with Gasteiger partial charge in [0.05, 0.1) is 12.8 Å². The number of carbonyl (C=O) groups is 1. The summed E-state index contributed by atoms with van der Waals surface area (Å²) < 4.78 is 5.06. The predicted octanol–water partition coefficient (Wildman–Crippen LogP) is 3.56. The monoisotopic (exact) mass is 267 g/mol. The van der Waals surface area contributed by atoms with Gasteiger partial charge in [-0.3, -0.25) is 0 Å². The third-order valence-corrected chi connectivity index (χ3v) is 3.51. The Labute approximate surface area is 108 Å². The van der Waals surface area contributed by atoms with Crippen molar-refractivity contribution < 1.29 is 9.53 Å². The van der Waals surface area contributed by atoms with E-state index in [4.69, 9.17) is 16.3 Å². The molecular weight excluding hydrogens is 258 g/mol. The van der Waals surface area contributed by atoms with Gasteiger partial charge in [-0.1, -0.05) is 47.2 Å². The van der Waals surface area contributed by atoms with Crippen molar-refractivity contribution in [1.82, 2.24) is 4.98 Å². The Balaban J connectivity index is 2.60. The van der Waals surface area contributed by atoms with Crippen molar-refractivity contribution in [2.45, 2.75) is 6.92 Å². The second-order valence-electron chi connectivity index (χ2n) is 3.45. The third kappa shape index (κ3) is 2.33. The molecule has 3 nitrogen and oxygen atoms in total. The van der Waals surface area contributed by atoms with E-state index in [1.807, 2.05) is 31.2 Å². The molecule has 0 aliphatic heterocycles. The second-order valence-corrected chi connectivity index (χ2v) is 5.03. The van der Waals surface area contributed by atoms with Crippen molar-refractivity contribution in [3.63, 3.8) is 0 Å². The van der Waals surface area contributed by atoms with E-state index in [2.05, 4.69) is 4.98 Å². The first-order chi connectivity index (χ1) is 8.13. The number of aryl methyl sites for hydroxylation is 1. The maximum absolute atomic E-state index is 11.6. The van der Waals surface area contributed by atoms with Crippen LogP contribution in [0.15, 0.2) is 24.3 Å². The largest absolute Gasteiger partial charge is 0.465 e. The predicted molar refractivity (Wildman–Crippen MR) is 68.6 cm³/mol. The van der Waals surface area contributed by atoms with Crippen LogP contribution in [0.4, 0.5) is 0 Å². The van der Waals surface area contributed by atoms with E-state index in [1.165, 1.54) is 7.11 Å². The molecule has 0 fully saturated rings. The summed E-state index contributed by atoms with van der Waals surface area (Å²) in [7, 11) is 1.34. The number of hydrogen-bond donors (Lipinski definition) is 0. The van der Waals surface area contributed by atoms with Gasteiger partial charge < -0.3 is 4.74 Å². The molecule has 17 heavy (non-hydrogen) atoms. The SMILES string of the molecule is COC(=O)c1sc(Cl)nc1-c1ccccc1C. The molecule has 1 heterocycles. The van der Waals surface area contributed by atoms with E-state index >= 15 is 0 Å². The number of benzene rings is 1. The number of carbonyl (C=O) groups excluding carboxylic acids is 1. The summed E-state index contributed by atoms with van der Waals surface area (Å²) in [4.78, 5) is 16.3. The van der Waals surface area contributed by atoms with Crippen molar-refractivity contribution in [3.05, 3.63) is 39.2 Å². The van der Waals surface area contributed by atoms with Crippen LogP contribution in [0.5, 0.6) is 0 Å². The molecule has 0 aliphatic carbocycles. The van der Waals surface area contributed by atoms with Crippen LogP contribution in [0.3, 0.4) is 0 Å². The highest BCUT2D eigenvalue weighted by Crippen LogP contribution is 2.32. The molecule has 0 spiro atoms. The summed E-state index contributed by atoms with van der Waals surface area (Å²) in [5, 5.41) is 0. The van der Waals surface area contributed by atoms with Gasteiger partial charge in [-0.15, -0.1) is 0 Å². The quantitative estimate of drug-likeness (QED) is 0.781. The lowest BCUT2D eigenvalue weighted by atomic mass is 10.1. The number of halogens is 1. The Morgan fingerprint density at radius 2 is 2.12 bits per heavy atom. The summed E-state index contributed by atoms with van der Waals surface area (Å²) in [6.45, 7) is 1.96. The number of ether oxygens (including phenoxy) is 1. The first-order valence-corrected chi connectivity index (χ1v) is 6.13. The van der Waals surface area contributed by atoms with Gasteiger partial charge in [0.15, 0.2) is 4.47 Å². The number of thiazole rings is 1. The molecule has 0 aliphatic rings. The Bertz CT molecular complexity index is 565. The second kappa shape index (κ2) is 4.85. The van der Waals surface area contributed by atoms with Gasteiger partial charge in [0.2, 0.25) is 0 Å². The fraction of sp³-hybridized carbons (Fsp3) is 0.167. The molecule has 0 unspecified atom stereocenters. The van der Waals surface area contributed by atoms with Crippen molar-refractivity contribution in [2.75, 3.05) is 7.11 Å². The minimum atomic E-state index is -0.410. The van der Waals surface area contributed by atoms with Crippen molar-refractivity contribution in [3.8, 4) is 11.3 Å². The molecule has 0 radical (unpaired) electrons. The van der Waals surface area contributed by atoms with Crippen molar-refractivity contribution >= 4 is 28.9 Å². The highest BCUT2D eigenvalue weighted by atomic mass is 35.5. The van der Waals surface area contributed by atoms with E-state index < -0.39 is 5.97 Å². The van der Waals surface area contributed by atoms with Crippen LogP contribution in [0.1, 0.15) is 15.2 Å². The van der Waals surface area contributed by atoms with Crippen LogP contribution in [0, 0.1) is 6.92 Å². The zero-order valence-corrected chi connectivity index (χ0v) is 10.9. The molecule has 2 aromatic rings. The Kier molecular flexibility index (Phi) is 3.45. The molecule has 88 valence electrons. The summed E-state index contributed by atoms with van der Waals surface area (Å²) >= 11 is 7.00. The summed E-state index contributed by atoms with van der Waals surface area (Å²) in [5.41, 5.74) is 2.53. The van der Waals surface area contributed by atoms with Crippen LogP contribution in [-0.4, -0.2) is 18.1 Å². The smallest absolute Gasteiger partial charge is 0.350 e. The Hall–Kier alpha value is -1.39. The number of hydrogen-bond acceptors (Lipinski definition) is 4. The summed E-state index contributed by atoms with van der Waals surface area (Å²) in [5.74, 6) is -0.410. The van der Waals surface area contributed by atoms with Crippen molar-refractivity contribution in [2.24, 2.45) is 0 Å². The van der Waals surface area contributed by atoms with Gasteiger partial charge in [0.25, 0.3) is 0 Å². The number of esters is 1. The average Bonchev–Trinajstić information content (AvgIpc) is 2.71. The lowest BCUT2D eigenvalue weighted by Crippen LogP contribution is -2.00. The minimum absolute atomic E-state index is 0.337. The van der Waals surface area contributed by atoms with E-state index in [-0.39, 0.29) is 0 Å².